The van der Waals surface area contributed by atoms with Crippen molar-refractivity contribution < 1.29 is 27.5 Å². The Labute approximate surface area is 194 Å². The van der Waals surface area contributed by atoms with Crippen LogP contribution in [0.1, 0.15) is 23.1 Å². The summed E-state index contributed by atoms with van der Waals surface area (Å²) in [5.74, 6) is -1.11. The molecule has 1 heterocycles. The highest BCUT2D eigenvalue weighted by molar-refractivity contribution is 7.89. The van der Waals surface area contributed by atoms with Crippen LogP contribution in [0.3, 0.4) is 0 Å². The maximum Gasteiger partial charge on any atom is 0.309 e. The highest BCUT2D eigenvalue weighted by Crippen LogP contribution is 2.25. The number of ether oxygens (including phenoxy) is 2. The van der Waals surface area contributed by atoms with Crippen LogP contribution in [-0.2, 0) is 30.9 Å². The van der Waals surface area contributed by atoms with Gasteiger partial charge < -0.3 is 20.1 Å². The number of rotatable bonds is 7. The quantitative estimate of drug-likeness (QED) is 0.587. The lowest BCUT2D eigenvalue weighted by Crippen LogP contribution is -2.53. The molecule has 0 aromatic heterocycles. The van der Waals surface area contributed by atoms with Crippen molar-refractivity contribution in [2.75, 3.05) is 26.8 Å². The Kier molecular flexibility index (Phi) is 8.06. The third-order valence-electron chi connectivity index (χ3n) is 5.36. The van der Waals surface area contributed by atoms with E-state index < -0.39 is 28.1 Å². The molecule has 0 bridgehead atoms. The molecular formula is C23H29N3O6S. The molecule has 1 fully saturated rings. The van der Waals surface area contributed by atoms with Crippen LogP contribution in [0.15, 0.2) is 47.4 Å². The van der Waals surface area contributed by atoms with Gasteiger partial charge in [0.25, 0.3) is 0 Å². The lowest BCUT2D eigenvalue weighted by Gasteiger charge is -2.35. The largest absolute Gasteiger partial charge is 0.496 e. The molecule has 0 radical (unpaired) electrons. The first-order valence-corrected chi connectivity index (χ1v) is 12.1. The van der Waals surface area contributed by atoms with Crippen LogP contribution in [-0.4, -0.2) is 57.6 Å². The van der Waals surface area contributed by atoms with Crippen LogP contribution < -0.4 is 15.4 Å². The van der Waals surface area contributed by atoms with E-state index in [-0.39, 0.29) is 24.5 Å². The number of hydrogen-bond acceptors (Lipinski definition) is 6. The number of benzene rings is 2. The molecule has 2 aromatic carbocycles. The predicted molar refractivity (Wildman–Crippen MR) is 122 cm³/mol. The second-order valence-electron chi connectivity index (χ2n) is 7.77. The molecule has 2 amide bonds. The Morgan fingerprint density at radius 2 is 1.85 bits per heavy atom. The Balaban J connectivity index is 1.63. The number of carbonyl (C=O) groups is 2. The Morgan fingerprint density at radius 3 is 2.61 bits per heavy atom. The Bertz CT molecular complexity index is 1120. The molecule has 33 heavy (non-hydrogen) atoms. The number of hydrogen-bond donors (Lipinski definition) is 2. The van der Waals surface area contributed by atoms with Gasteiger partial charge in [0, 0.05) is 18.7 Å². The molecule has 9 nitrogen and oxygen atoms in total. The van der Waals surface area contributed by atoms with Gasteiger partial charge in [-0.25, -0.2) is 8.42 Å². The van der Waals surface area contributed by atoms with Gasteiger partial charge in [-0.15, -0.1) is 0 Å². The van der Waals surface area contributed by atoms with Crippen LogP contribution in [0.4, 0.5) is 0 Å². The highest BCUT2D eigenvalue weighted by atomic mass is 32.2. The SMILES string of the molecule is COc1ccccc1CNC(=O)C(=O)NC[C@H]1OCCCN1S(=O)(=O)c1cc(C)ccc1C. The third-order valence-corrected chi connectivity index (χ3v) is 7.39. The van der Waals surface area contributed by atoms with E-state index in [0.717, 1.165) is 11.1 Å². The number of methoxy groups -OCH3 is 1. The summed E-state index contributed by atoms with van der Waals surface area (Å²) in [6.45, 7) is 4.15. The summed E-state index contributed by atoms with van der Waals surface area (Å²) in [5.41, 5.74) is 2.18. The van der Waals surface area contributed by atoms with E-state index in [1.54, 1.807) is 43.3 Å². The summed E-state index contributed by atoms with van der Waals surface area (Å²) < 4.78 is 38.7. The molecule has 0 saturated carbocycles. The van der Waals surface area contributed by atoms with Gasteiger partial charge in [-0.05, 0) is 43.5 Å². The second kappa shape index (κ2) is 10.8. The Morgan fingerprint density at radius 1 is 1.12 bits per heavy atom. The van der Waals surface area contributed by atoms with E-state index in [9.17, 15) is 18.0 Å². The smallest absolute Gasteiger partial charge is 0.309 e. The van der Waals surface area contributed by atoms with Gasteiger partial charge in [0.1, 0.15) is 12.0 Å². The average molecular weight is 476 g/mol. The molecule has 2 N–H and O–H groups in total. The fraction of sp³-hybridized carbons (Fsp3) is 0.391. The number of para-hydroxylation sites is 1. The van der Waals surface area contributed by atoms with E-state index in [1.807, 2.05) is 13.0 Å². The molecule has 0 aliphatic carbocycles. The fourth-order valence-electron chi connectivity index (χ4n) is 3.58. The first kappa shape index (κ1) is 24.7. The van der Waals surface area contributed by atoms with Crippen LogP contribution in [0.2, 0.25) is 0 Å². The first-order chi connectivity index (χ1) is 15.7. The van der Waals surface area contributed by atoms with E-state index in [2.05, 4.69) is 10.6 Å². The second-order valence-corrected chi connectivity index (χ2v) is 9.63. The van der Waals surface area contributed by atoms with Crippen LogP contribution in [0, 0.1) is 13.8 Å². The van der Waals surface area contributed by atoms with Crippen molar-refractivity contribution in [2.24, 2.45) is 0 Å². The average Bonchev–Trinajstić information content (AvgIpc) is 2.82. The van der Waals surface area contributed by atoms with Gasteiger partial charge >= 0.3 is 11.8 Å². The van der Waals surface area contributed by atoms with E-state index >= 15 is 0 Å². The lowest BCUT2D eigenvalue weighted by molar-refractivity contribution is -0.140. The predicted octanol–water partition coefficient (Wildman–Crippen LogP) is 1.48. The molecule has 1 aliphatic rings. The number of amides is 2. The van der Waals surface area contributed by atoms with Crippen molar-refractivity contribution in [3.05, 3.63) is 59.2 Å². The van der Waals surface area contributed by atoms with E-state index in [1.165, 1.54) is 11.4 Å². The van der Waals surface area contributed by atoms with Crippen molar-refractivity contribution in [1.29, 1.82) is 0 Å². The topological polar surface area (TPSA) is 114 Å². The van der Waals surface area contributed by atoms with Gasteiger partial charge in [0.15, 0.2) is 0 Å². The molecule has 0 unspecified atom stereocenters. The van der Waals surface area contributed by atoms with Crippen molar-refractivity contribution in [1.82, 2.24) is 14.9 Å². The summed E-state index contributed by atoms with van der Waals surface area (Å²) in [6, 6.07) is 12.4. The third kappa shape index (κ3) is 5.89. The van der Waals surface area contributed by atoms with E-state index in [0.29, 0.717) is 24.3 Å². The number of nitrogens with zero attached hydrogens (tertiary/aromatic N) is 1. The number of aryl methyl sites for hydroxylation is 2. The maximum atomic E-state index is 13.3. The minimum atomic E-state index is -3.84. The monoisotopic (exact) mass is 475 g/mol. The van der Waals surface area contributed by atoms with Gasteiger partial charge in [-0.1, -0.05) is 30.3 Å². The summed E-state index contributed by atoms with van der Waals surface area (Å²) in [5, 5.41) is 5.02. The summed E-state index contributed by atoms with van der Waals surface area (Å²) in [4.78, 5) is 24.7. The molecule has 0 spiro atoms. The molecule has 3 rings (SSSR count). The molecular weight excluding hydrogens is 446 g/mol. The summed E-state index contributed by atoms with van der Waals surface area (Å²) >= 11 is 0. The zero-order chi connectivity index (χ0) is 24.0. The van der Waals surface area contributed by atoms with Crippen LogP contribution in [0.5, 0.6) is 5.75 Å². The number of nitrogens with one attached hydrogen (secondary N) is 2. The van der Waals surface area contributed by atoms with Crippen molar-refractivity contribution in [3.8, 4) is 5.75 Å². The molecule has 2 aromatic rings. The molecule has 1 atom stereocenters. The van der Waals surface area contributed by atoms with Crippen LogP contribution >= 0.6 is 0 Å². The lowest BCUT2D eigenvalue weighted by atomic mass is 10.2. The minimum absolute atomic E-state index is 0.114. The highest BCUT2D eigenvalue weighted by Gasteiger charge is 2.35. The normalized spacial score (nSPS) is 16.8. The molecule has 178 valence electrons. The van der Waals surface area contributed by atoms with Gasteiger partial charge in [0.05, 0.1) is 25.2 Å². The van der Waals surface area contributed by atoms with Crippen molar-refractivity contribution in [2.45, 2.75) is 37.9 Å². The molecule has 1 saturated heterocycles. The zero-order valence-electron chi connectivity index (χ0n) is 19.0. The molecule has 10 heteroatoms. The zero-order valence-corrected chi connectivity index (χ0v) is 19.8. The van der Waals surface area contributed by atoms with E-state index in [4.69, 9.17) is 9.47 Å². The van der Waals surface area contributed by atoms with Crippen molar-refractivity contribution >= 4 is 21.8 Å². The van der Waals surface area contributed by atoms with Crippen LogP contribution in [0.25, 0.3) is 0 Å². The van der Waals surface area contributed by atoms with Gasteiger partial charge in [-0.2, -0.15) is 4.31 Å². The fourth-order valence-corrected chi connectivity index (χ4v) is 5.46. The number of sulfonamides is 1. The first-order valence-electron chi connectivity index (χ1n) is 10.6. The van der Waals surface area contributed by atoms with Gasteiger partial charge in [0.2, 0.25) is 10.0 Å². The number of carbonyl (C=O) groups excluding carboxylic acids is 2. The minimum Gasteiger partial charge on any atom is -0.496 e. The van der Waals surface area contributed by atoms with Crippen molar-refractivity contribution in [3.63, 3.8) is 0 Å². The van der Waals surface area contributed by atoms with Gasteiger partial charge in [-0.3, -0.25) is 9.59 Å². The Hall–Kier alpha value is -2.95. The summed E-state index contributed by atoms with van der Waals surface area (Å²) in [7, 11) is -2.32. The standard InChI is InChI=1S/C23H29N3O6S/c1-16-9-10-17(2)20(13-16)33(29,30)26-11-6-12-32-21(26)15-25-23(28)22(27)24-14-18-7-4-5-8-19(18)31-3/h4-5,7-10,13,21H,6,11-12,14-15H2,1-3H3,(H,24,27)(H,25,28)/t21-/m1/s1. The summed E-state index contributed by atoms with van der Waals surface area (Å²) in [6.07, 6.45) is -0.372. The maximum absolute atomic E-state index is 13.3. The molecule has 1 aliphatic heterocycles.